The summed E-state index contributed by atoms with van der Waals surface area (Å²) in [5.41, 5.74) is 0.824. The van der Waals surface area contributed by atoms with Crippen molar-refractivity contribution in [1.29, 1.82) is 0 Å². The summed E-state index contributed by atoms with van der Waals surface area (Å²) in [6.45, 7) is 0. The second-order valence-electron chi connectivity index (χ2n) is 2.79. The van der Waals surface area contributed by atoms with Gasteiger partial charge in [-0.2, -0.15) is 0 Å². The quantitative estimate of drug-likeness (QED) is 0.494. The van der Waals surface area contributed by atoms with Crippen molar-refractivity contribution in [2.45, 2.75) is 0 Å². The first-order valence-electron chi connectivity index (χ1n) is 3.74. The van der Waals surface area contributed by atoms with E-state index in [0.717, 1.165) is 5.52 Å². The first-order valence-corrected chi connectivity index (χ1v) is 3.74. The molecule has 1 aromatic heterocycles. The molecular weight excluding hydrogens is 169 g/mol. The molecule has 2 rings (SSSR count). The van der Waals surface area contributed by atoms with Gasteiger partial charge in [-0.25, -0.2) is 0 Å². The molecule has 64 valence electrons. The average molecular weight is 175 g/mol. The van der Waals surface area contributed by atoms with E-state index in [0.29, 0.717) is 5.39 Å². The number of benzene rings is 1. The van der Waals surface area contributed by atoms with Crippen LogP contribution in [0.25, 0.3) is 10.9 Å². The van der Waals surface area contributed by atoms with Gasteiger partial charge < -0.3 is 4.59 Å². The van der Waals surface area contributed by atoms with E-state index in [4.69, 9.17) is 0 Å². The zero-order valence-electron chi connectivity index (χ0n) is 6.94. The maximum absolute atomic E-state index is 11.2. The van der Waals surface area contributed by atoms with Crippen LogP contribution in [0.15, 0.2) is 28.2 Å². The highest BCUT2D eigenvalue weighted by molar-refractivity contribution is 6.10. The number of aromatic nitrogens is 2. The van der Waals surface area contributed by atoms with Crippen molar-refractivity contribution in [3.63, 3.8) is 0 Å². The Morgan fingerprint density at radius 2 is 2.23 bits per heavy atom. The molecule has 0 saturated heterocycles. The van der Waals surface area contributed by atoms with Crippen LogP contribution in [-0.2, 0) is 0 Å². The fourth-order valence-electron chi connectivity index (χ4n) is 1.33. The maximum atomic E-state index is 11.2. The van der Waals surface area contributed by atoms with E-state index in [9.17, 15) is 9.70 Å². The third kappa shape index (κ3) is 1.07. The van der Waals surface area contributed by atoms with Crippen molar-refractivity contribution in [3.8, 4) is 0 Å². The molecule has 2 aromatic rings. The van der Waals surface area contributed by atoms with Crippen LogP contribution < -0.4 is 5.56 Å². The minimum atomic E-state index is -0.206. The Bertz CT molecular complexity index is 528. The van der Waals surface area contributed by atoms with E-state index in [1.807, 2.05) is 0 Å². The zero-order valence-corrected chi connectivity index (χ0v) is 6.94. The molecule has 0 fully saturated rings. The number of nitrogens with one attached hydrogen (secondary N) is 1. The summed E-state index contributed by atoms with van der Waals surface area (Å²) in [5, 5.41) is 5.83. The molecule has 0 spiro atoms. The summed E-state index contributed by atoms with van der Waals surface area (Å²) in [7, 11) is 1.73. The van der Waals surface area contributed by atoms with Gasteiger partial charge in [0.25, 0.3) is 5.56 Å². The van der Waals surface area contributed by atoms with Gasteiger partial charge in [0.05, 0.1) is 10.9 Å². The van der Waals surface area contributed by atoms with Gasteiger partial charge in [-0.05, 0) is 23.4 Å². The Balaban J connectivity index is 2.91. The Morgan fingerprint density at radius 1 is 1.46 bits per heavy atom. The van der Waals surface area contributed by atoms with Gasteiger partial charge in [0.2, 0.25) is 7.98 Å². The second-order valence-corrected chi connectivity index (χ2v) is 2.79. The number of hydrogen-bond donors (Lipinski definition) is 1. The smallest absolute Gasteiger partial charge is 0.270 e. The number of rotatable bonds is 1. The first kappa shape index (κ1) is 7.79. The van der Waals surface area contributed by atoms with Crippen LogP contribution in [0.3, 0.4) is 0 Å². The lowest BCUT2D eigenvalue weighted by Crippen LogP contribution is -2.02. The minimum absolute atomic E-state index is 0.206. The number of nitrogens with zero attached hydrogens (tertiary/aromatic N) is 2. The van der Waals surface area contributed by atoms with E-state index >= 15 is 0 Å². The molecule has 0 bridgehead atoms. The monoisotopic (exact) mass is 175 g/mol. The number of nitroso groups, excluding NO2 is 1. The van der Waals surface area contributed by atoms with Gasteiger partial charge in [-0.15, -0.1) is 4.91 Å². The van der Waals surface area contributed by atoms with Crippen LogP contribution in [0, 0.1) is 4.91 Å². The molecular formula is C7H6BN3O2. The second kappa shape index (κ2) is 2.58. The minimum Gasteiger partial charge on any atom is -0.339 e. The number of fused-ring (bicyclic) bond motifs is 1. The topological polar surface area (TPSA) is 67.2 Å². The summed E-state index contributed by atoms with van der Waals surface area (Å²) in [6, 6.07) is 4.73. The Morgan fingerprint density at radius 3 is 2.92 bits per heavy atom. The van der Waals surface area contributed by atoms with Crippen molar-refractivity contribution < 1.29 is 0 Å². The van der Waals surface area contributed by atoms with Crippen LogP contribution in [-0.4, -0.2) is 17.7 Å². The van der Waals surface area contributed by atoms with Crippen molar-refractivity contribution in [2.24, 2.45) is 5.18 Å². The van der Waals surface area contributed by atoms with Crippen molar-refractivity contribution >= 4 is 24.6 Å². The predicted octanol–water partition coefficient (Wildman–Crippen LogP) is 0.124. The Labute approximate surface area is 73.8 Å². The summed E-state index contributed by atoms with van der Waals surface area (Å²) in [4.78, 5) is 21.4. The zero-order chi connectivity index (χ0) is 9.42. The summed E-state index contributed by atoms with van der Waals surface area (Å²) in [6.07, 6.45) is 0. The van der Waals surface area contributed by atoms with Gasteiger partial charge >= 0.3 is 0 Å². The number of H-pyrrole nitrogens is 1. The van der Waals surface area contributed by atoms with Crippen molar-refractivity contribution in [3.05, 3.63) is 33.5 Å². The lowest BCUT2D eigenvalue weighted by atomic mass is 10.2. The van der Waals surface area contributed by atoms with E-state index in [1.165, 1.54) is 6.07 Å². The molecule has 0 saturated carbocycles. The summed E-state index contributed by atoms with van der Waals surface area (Å²) in [5.74, 6) is 0. The van der Waals surface area contributed by atoms with Crippen LogP contribution in [0.2, 0.25) is 0 Å². The lowest BCUT2D eigenvalue weighted by molar-refractivity contribution is 0.993. The molecule has 13 heavy (non-hydrogen) atoms. The maximum Gasteiger partial charge on any atom is 0.270 e. The first-order chi connectivity index (χ1) is 6.22. The van der Waals surface area contributed by atoms with E-state index in [2.05, 4.69) is 10.3 Å². The fraction of sp³-hybridized carbons (Fsp3) is 0. The number of hydrogen-bond acceptors (Lipinski definition) is 3. The van der Waals surface area contributed by atoms with Gasteiger partial charge in [0.1, 0.15) is 5.69 Å². The molecule has 0 aliphatic rings. The molecule has 0 atom stereocenters. The molecule has 0 aliphatic heterocycles. The average Bonchev–Trinajstić information content (AvgIpc) is 2.42. The summed E-state index contributed by atoms with van der Waals surface area (Å²) < 4.78 is 1.60. The third-order valence-electron chi connectivity index (χ3n) is 1.96. The van der Waals surface area contributed by atoms with Crippen LogP contribution in [0.1, 0.15) is 0 Å². The van der Waals surface area contributed by atoms with Crippen molar-refractivity contribution in [1.82, 2.24) is 9.69 Å². The van der Waals surface area contributed by atoms with Crippen LogP contribution >= 0.6 is 0 Å². The molecule has 1 heterocycles. The van der Waals surface area contributed by atoms with Crippen LogP contribution in [0.4, 0.5) is 5.69 Å². The van der Waals surface area contributed by atoms with Gasteiger partial charge in [0.15, 0.2) is 0 Å². The van der Waals surface area contributed by atoms with Gasteiger partial charge in [-0.1, -0.05) is 0 Å². The van der Waals surface area contributed by atoms with E-state index in [-0.39, 0.29) is 11.2 Å². The van der Waals surface area contributed by atoms with Gasteiger partial charge in [0, 0.05) is 0 Å². The largest absolute Gasteiger partial charge is 0.339 e. The molecule has 1 N–H and O–H groups in total. The summed E-state index contributed by atoms with van der Waals surface area (Å²) >= 11 is 0. The standard InChI is InChI=1S/C7H6BN3O2/c8-11-6-2-1-4(10-13)3-5(6)7(12)9-11/h1-3H,8H2,(H,9,12). The predicted molar refractivity (Wildman–Crippen MR) is 52.0 cm³/mol. The highest BCUT2D eigenvalue weighted by Gasteiger charge is 2.03. The molecule has 0 aliphatic carbocycles. The lowest BCUT2D eigenvalue weighted by Gasteiger charge is -1.93. The molecule has 5 nitrogen and oxygen atoms in total. The van der Waals surface area contributed by atoms with Gasteiger partial charge in [-0.3, -0.25) is 9.89 Å². The highest BCUT2D eigenvalue weighted by Crippen LogP contribution is 2.17. The Hall–Kier alpha value is -1.85. The molecule has 1 aromatic carbocycles. The molecule has 0 radical (unpaired) electrons. The number of aromatic amines is 1. The van der Waals surface area contributed by atoms with E-state index in [1.54, 1.807) is 24.7 Å². The molecule has 0 unspecified atom stereocenters. The highest BCUT2D eigenvalue weighted by atomic mass is 16.3. The Kier molecular flexibility index (Phi) is 1.55. The SMILES string of the molecule is Bn1[nH]c(=O)c2cc(N=O)ccc21. The molecule has 6 heteroatoms. The van der Waals surface area contributed by atoms with Crippen molar-refractivity contribution in [2.75, 3.05) is 0 Å². The molecule has 0 amide bonds. The van der Waals surface area contributed by atoms with E-state index < -0.39 is 0 Å². The van der Waals surface area contributed by atoms with Crippen LogP contribution in [0.5, 0.6) is 0 Å². The normalized spacial score (nSPS) is 10.5. The third-order valence-corrected chi connectivity index (χ3v) is 1.96. The fourth-order valence-corrected chi connectivity index (χ4v) is 1.33.